The van der Waals surface area contributed by atoms with Crippen LogP contribution in [0.25, 0.3) is 0 Å². The minimum Gasteiger partial charge on any atom is -0.378 e. The third-order valence-electron chi connectivity index (χ3n) is 3.99. The van der Waals surface area contributed by atoms with Crippen molar-refractivity contribution in [1.82, 2.24) is 10.2 Å². The molecule has 0 aromatic carbocycles. The Morgan fingerprint density at radius 3 is 2.65 bits per heavy atom. The van der Waals surface area contributed by atoms with E-state index in [4.69, 9.17) is 10.5 Å². The number of nitrogens with two attached hydrogens (primary N) is 1. The summed E-state index contributed by atoms with van der Waals surface area (Å²) < 4.78 is 5.55. The number of nitrogens with one attached hydrogen (secondary N) is 1. The first-order valence-corrected chi connectivity index (χ1v) is 7.11. The Balaban J connectivity index is 1.47. The first-order chi connectivity index (χ1) is 8.28. The average Bonchev–Trinajstić information content (AvgIpc) is 2.28. The van der Waals surface area contributed by atoms with Crippen LogP contribution in [0.5, 0.6) is 0 Å². The van der Waals surface area contributed by atoms with E-state index in [-0.39, 0.29) is 0 Å². The van der Waals surface area contributed by atoms with Gasteiger partial charge in [0.1, 0.15) is 0 Å². The van der Waals surface area contributed by atoms with Gasteiger partial charge >= 0.3 is 0 Å². The summed E-state index contributed by atoms with van der Waals surface area (Å²) in [6, 6.07) is 1.14. The molecule has 0 radical (unpaired) electrons. The second-order valence-corrected chi connectivity index (χ2v) is 5.38. The minimum absolute atomic E-state index is 0.442. The van der Waals surface area contributed by atoms with Gasteiger partial charge < -0.3 is 20.7 Å². The van der Waals surface area contributed by atoms with Crippen molar-refractivity contribution in [3.63, 3.8) is 0 Å². The van der Waals surface area contributed by atoms with Crippen LogP contribution in [-0.2, 0) is 4.74 Å². The van der Waals surface area contributed by atoms with Gasteiger partial charge in [-0.25, -0.2) is 0 Å². The van der Waals surface area contributed by atoms with E-state index < -0.39 is 0 Å². The highest BCUT2D eigenvalue weighted by Crippen LogP contribution is 2.22. The zero-order chi connectivity index (χ0) is 12.1. The zero-order valence-corrected chi connectivity index (χ0v) is 11.0. The fourth-order valence-electron chi connectivity index (χ4n) is 2.71. The van der Waals surface area contributed by atoms with Crippen LogP contribution in [0.4, 0.5) is 0 Å². The maximum absolute atomic E-state index is 5.89. The summed E-state index contributed by atoms with van der Waals surface area (Å²) >= 11 is 0. The number of hydrogen-bond acceptors (Lipinski definition) is 4. The largest absolute Gasteiger partial charge is 0.378 e. The van der Waals surface area contributed by atoms with Crippen molar-refractivity contribution in [2.24, 2.45) is 5.73 Å². The minimum atomic E-state index is 0.442. The fourth-order valence-corrected chi connectivity index (χ4v) is 2.71. The van der Waals surface area contributed by atoms with E-state index in [2.05, 4.69) is 17.1 Å². The SMILES string of the molecule is CCOC1CC(NCCN2CCC(N)CC2)C1. The molecule has 0 spiro atoms. The molecule has 1 aliphatic heterocycles. The van der Waals surface area contributed by atoms with E-state index in [1.54, 1.807) is 0 Å². The Hall–Kier alpha value is -0.160. The van der Waals surface area contributed by atoms with Crippen LogP contribution in [0.15, 0.2) is 0 Å². The molecule has 1 heterocycles. The van der Waals surface area contributed by atoms with E-state index >= 15 is 0 Å². The van der Waals surface area contributed by atoms with Gasteiger partial charge in [0, 0.05) is 31.8 Å². The quantitative estimate of drug-likeness (QED) is 0.714. The van der Waals surface area contributed by atoms with Gasteiger partial charge in [-0.2, -0.15) is 0 Å². The Bertz CT molecular complexity index is 211. The van der Waals surface area contributed by atoms with Gasteiger partial charge in [0.15, 0.2) is 0 Å². The highest BCUT2D eigenvalue weighted by atomic mass is 16.5. The normalized spacial score (nSPS) is 31.4. The van der Waals surface area contributed by atoms with Gasteiger partial charge in [-0.1, -0.05) is 0 Å². The zero-order valence-electron chi connectivity index (χ0n) is 11.0. The van der Waals surface area contributed by atoms with Crippen molar-refractivity contribution in [1.29, 1.82) is 0 Å². The van der Waals surface area contributed by atoms with E-state index in [1.807, 2.05) is 0 Å². The maximum Gasteiger partial charge on any atom is 0.0604 e. The third kappa shape index (κ3) is 4.21. The molecule has 2 aliphatic rings. The number of piperidine rings is 1. The Morgan fingerprint density at radius 1 is 1.29 bits per heavy atom. The Kier molecular flexibility index (Phi) is 5.22. The Labute approximate surface area is 105 Å². The van der Waals surface area contributed by atoms with E-state index in [9.17, 15) is 0 Å². The van der Waals surface area contributed by atoms with Crippen LogP contribution in [0.3, 0.4) is 0 Å². The van der Waals surface area contributed by atoms with Crippen molar-refractivity contribution < 1.29 is 4.74 Å². The van der Waals surface area contributed by atoms with Crippen molar-refractivity contribution >= 4 is 0 Å². The van der Waals surface area contributed by atoms with Gasteiger partial charge in [-0.05, 0) is 45.7 Å². The summed E-state index contributed by atoms with van der Waals surface area (Å²) in [5, 5.41) is 3.61. The summed E-state index contributed by atoms with van der Waals surface area (Å²) in [7, 11) is 0. The standard InChI is InChI=1S/C13H27N3O/c1-2-17-13-9-12(10-13)15-5-8-16-6-3-11(14)4-7-16/h11-13,15H,2-10,14H2,1H3. The van der Waals surface area contributed by atoms with Crippen LogP contribution >= 0.6 is 0 Å². The highest BCUT2D eigenvalue weighted by molar-refractivity contribution is 4.86. The summed E-state index contributed by atoms with van der Waals surface area (Å²) in [6.07, 6.45) is 5.23. The summed E-state index contributed by atoms with van der Waals surface area (Å²) in [6.45, 7) is 7.55. The van der Waals surface area contributed by atoms with E-state index in [0.29, 0.717) is 18.2 Å². The van der Waals surface area contributed by atoms with Crippen molar-refractivity contribution in [3.05, 3.63) is 0 Å². The molecular weight excluding hydrogens is 214 g/mol. The predicted octanol–water partition coefficient (Wildman–Crippen LogP) is 0.567. The molecule has 4 nitrogen and oxygen atoms in total. The number of nitrogens with zero attached hydrogens (tertiary/aromatic N) is 1. The van der Waals surface area contributed by atoms with Crippen LogP contribution in [0.2, 0.25) is 0 Å². The lowest BCUT2D eigenvalue weighted by molar-refractivity contribution is -0.0102. The van der Waals surface area contributed by atoms with Gasteiger partial charge in [-0.15, -0.1) is 0 Å². The lowest BCUT2D eigenvalue weighted by Gasteiger charge is -2.36. The molecule has 0 aromatic rings. The molecule has 3 N–H and O–H groups in total. The second-order valence-electron chi connectivity index (χ2n) is 5.38. The smallest absolute Gasteiger partial charge is 0.0604 e. The summed E-state index contributed by atoms with van der Waals surface area (Å²) in [4.78, 5) is 2.52. The van der Waals surface area contributed by atoms with Crippen LogP contribution < -0.4 is 11.1 Å². The molecular formula is C13H27N3O. The van der Waals surface area contributed by atoms with Crippen molar-refractivity contribution in [2.45, 2.75) is 50.8 Å². The number of rotatable bonds is 6. The van der Waals surface area contributed by atoms with Crippen molar-refractivity contribution in [2.75, 3.05) is 32.8 Å². The monoisotopic (exact) mass is 241 g/mol. The van der Waals surface area contributed by atoms with E-state index in [1.165, 1.54) is 32.5 Å². The van der Waals surface area contributed by atoms with Crippen LogP contribution in [0.1, 0.15) is 32.6 Å². The Morgan fingerprint density at radius 2 is 2.00 bits per heavy atom. The number of ether oxygens (including phenoxy) is 1. The summed E-state index contributed by atoms with van der Waals surface area (Å²) in [5.41, 5.74) is 5.89. The third-order valence-corrected chi connectivity index (χ3v) is 3.99. The molecule has 0 aromatic heterocycles. The molecule has 2 rings (SSSR count). The first kappa shape index (κ1) is 13.3. The van der Waals surface area contributed by atoms with Gasteiger partial charge in [0.2, 0.25) is 0 Å². The van der Waals surface area contributed by atoms with Crippen LogP contribution in [0, 0.1) is 0 Å². The van der Waals surface area contributed by atoms with Crippen LogP contribution in [-0.4, -0.2) is 55.9 Å². The molecule has 1 aliphatic carbocycles. The number of hydrogen-bond donors (Lipinski definition) is 2. The lowest BCUT2D eigenvalue weighted by Crippen LogP contribution is -2.48. The molecule has 0 unspecified atom stereocenters. The molecule has 100 valence electrons. The molecule has 0 bridgehead atoms. The molecule has 17 heavy (non-hydrogen) atoms. The molecule has 4 heteroatoms. The van der Waals surface area contributed by atoms with Gasteiger partial charge in [0.05, 0.1) is 6.10 Å². The molecule has 0 atom stereocenters. The van der Waals surface area contributed by atoms with Gasteiger partial charge in [0.25, 0.3) is 0 Å². The van der Waals surface area contributed by atoms with Gasteiger partial charge in [-0.3, -0.25) is 0 Å². The van der Waals surface area contributed by atoms with E-state index in [0.717, 1.165) is 26.0 Å². The highest BCUT2D eigenvalue weighted by Gasteiger charge is 2.28. The summed E-state index contributed by atoms with van der Waals surface area (Å²) in [5.74, 6) is 0. The predicted molar refractivity (Wildman–Crippen MR) is 70.1 cm³/mol. The molecule has 0 amide bonds. The first-order valence-electron chi connectivity index (χ1n) is 7.11. The molecule has 1 saturated carbocycles. The second kappa shape index (κ2) is 6.69. The topological polar surface area (TPSA) is 50.5 Å². The van der Waals surface area contributed by atoms with Crippen molar-refractivity contribution in [3.8, 4) is 0 Å². The average molecular weight is 241 g/mol. The fraction of sp³-hybridized carbons (Fsp3) is 1.00. The molecule has 2 fully saturated rings. The maximum atomic E-state index is 5.89. The molecule has 1 saturated heterocycles. The number of likely N-dealkylation sites (tertiary alicyclic amines) is 1. The lowest BCUT2D eigenvalue weighted by atomic mass is 9.89.